The predicted molar refractivity (Wildman–Crippen MR) is 139 cm³/mol. The van der Waals surface area contributed by atoms with Crippen LogP contribution in [0.5, 0.6) is 0 Å². The number of carbonyl (C=O) groups is 3. The molecule has 1 aromatic heterocycles. The molecule has 1 fully saturated rings. The fraction of sp³-hybridized carbons (Fsp3) is 0.667. The highest BCUT2D eigenvalue weighted by atomic mass is 32.7. The molecular weight excluding hydrogens is 561 g/mol. The molecule has 16 nitrogen and oxygen atoms in total. The first-order chi connectivity index (χ1) is 18.3. The van der Waals surface area contributed by atoms with Crippen molar-refractivity contribution in [3.8, 4) is 0 Å². The van der Waals surface area contributed by atoms with Crippen LogP contribution >= 0.6 is 18.1 Å². The first-order valence-electron chi connectivity index (χ1n) is 12.0. The molecule has 0 aromatic carbocycles. The van der Waals surface area contributed by atoms with Crippen LogP contribution in [-0.4, -0.2) is 87.0 Å². The fourth-order valence-corrected chi connectivity index (χ4v) is 7.10. The quantitative estimate of drug-likeness (QED) is 0.0781. The minimum atomic E-state index is -4.07. The highest BCUT2D eigenvalue weighted by Crippen LogP contribution is 2.56. The van der Waals surface area contributed by atoms with Gasteiger partial charge >= 0.3 is 24.4 Å². The zero-order chi connectivity index (χ0) is 29.3. The average molecular weight is 596 g/mol. The maximum absolute atomic E-state index is 13.8. The summed E-state index contributed by atoms with van der Waals surface area (Å²) in [7, 11) is 0. The number of amides is 3. The number of urea groups is 1. The minimum absolute atomic E-state index is 0.194. The van der Waals surface area contributed by atoms with E-state index in [2.05, 4.69) is 15.4 Å². The molecule has 0 saturated carbocycles. The second kappa shape index (κ2) is 14.7. The van der Waals surface area contributed by atoms with Gasteiger partial charge in [0.2, 0.25) is 0 Å². The molecule has 0 spiro atoms. The van der Waals surface area contributed by atoms with E-state index in [4.69, 9.17) is 14.0 Å². The van der Waals surface area contributed by atoms with Crippen molar-refractivity contribution in [2.45, 2.75) is 70.7 Å². The number of esters is 1. The molecule has 39 heavy (non-hydrogen) atoms. The molecule has 0 aliphatic carbocycles. The van der Waals surface area contributed by atoms with Crippen molar-refractivity contribution >= 4 is 36.0 Å². The first kappa shape index (κ1) is 32.7. The number of H-pyrrole nitrogens is 1. The Balaban J connectivity index is 2.23. The van der Waals surface area contributed by atoms with Gasteiger partial charge in [0.05, 0.1) is 19.3 Å². The second-order valence-corrected chi connectivity index (χ2v) is 13.1. The molecule has 6 atom stereocenters. The standard InChI is InChI=1S/C21H34N5O11PS/c1-5-17(26-7-6-16(29)23-21(26)33)37-15(14(28)8-27)9-35-38(34,25-12(4)19(31)36-11(2)3)39-10-13-18(30)24-20(32)22-13/h6-7,11-15,17,27-28H,5,8-10H2,1-4H3,(H,25,34)(H,23,29,33)(H2,22,24,30,32)/t12-,13?,14+,15?,17?,38?/m1/s1. The van der Waals surface area contributed by atoms with Gasteiger partial charge in [-0.1, -0.05) is 18.3 Å². The van der Waals surface area contributed by atoms with E-state index in [1.807, 2.05) is 5.32 Å². The van der Waals surface area contributed by atoms with Crippen molar-refractivity contribution in [2.75, 3.05) is 19.0 Å². The molecule has 2 heterocycles. The van der Waals surface area contributed by atoms with E-state index in [9.17, 15) is 38.8 Å². The van der Waals surface area contributed by atoms with Gasteiger partial charge in [-0.2, -0.15) is 0 Å². The van der Waals surface area contributed by atoms with Crippen molar-refractivity contribution < 1.29 is 43.2 Å². The highest BCUT2D eigenvalue weighted by molar-refractivity contribution is 8.56. The lowest BCUT2D eigenvalue weighted by molar-refractivity contribution is -0.149. The Labute approximate surface area is 227 Å². The van der Waals surface area contributed by atoms with Crippen LogP contribution in [0.1, 0.15) is 40.3 Å². The van der Waals surface area contributed by atoms with Crippen molar-refractivity contribution in [3.63, 3.8) is 0 Å². The summed E-state index contributed by atoms with van der Waals surface area (Å²) in [5.41, 5.74) is -1.40. The Bertz CT molecular complexity index is 1180. The summed E-state index contributed by atoms with van der Waals surface area (Å²) in [6.07, 6.45) is -2.95. The summed E-state index contributed by atoms with van der Waals surface area (Å²) in [5, 5.41) is 26.9. The largest absolute Gasteiger partial charge is 0.462 e. The Morgan fingerprint density at radius 1 is 1.26 bits per heavy atom. The summed E-state index contributed by atoms with van der Waals surface area (Å²) >= 11 is 0.622. The molecular formula is C21H34N5O11PS. The summed E-state index contributed by atoms with van der Waals surface area (Å²) < 4.78 is 31.4. The normalized spacial score (nSPS) is 20.0. The van der Waals surface area contributed by atoms with E-state index in [0.29, 0.717) is 11.4 Å². The number of carbonyl (C=O) groups excluding carboxylic acids is 3. The molecule has 0 bridgehead atoms. The van der Waals surface area contributed by atoms with Gasteiger partial charge in [0.25, 0.3) is 11.5 Å². The minimum Gasteiger partial charge on any atom is -0.462 e. The fourth-order valence-electron chi connectivity index (χ4n) is 3.23. The van der Waals surface area contributed by atoms with E-state index < -0.39 is 85.7 Å². The summed E-state index contributed by atoms with van der Waals surface area (Å²) in [6.45, 7) is 0.873. The Morgan fingerprint density at radius 2 is 1.95 bits per heavy atom. The van der Waals surface area contributed by atoms with E-state index in [1.54, 1.807) is 20.8 Å². The molecule has 1 aliphatic heterocycles. The van der Waals surface area contributed by atoms with Crippen LogP contribution in [0.2, 0.25) is 0 Å². The van der Waals surface area contributed by atoms with Crippen LogP contribution in [0, 0.1) is 0 Å². The van der Waals surface area contributed by atoms with Gasteiger partial charge in [0, 0.05) is 18.0 Å². The number of aromatic amines is 1. The van der Waals surface area contributed by atoms with Gasteiger partial charge in [-0.25, -0.2) is 14.7 Å². The Morgan fingerprint density at radius 3 is 2.49 bits per heavy atom. The SMILES string of the molecule is CCC(OC(COP(=O)(N[C@H](C)C(=O)OC(C)C)SCC1NC(=O)NC1=O)[C@@H](O)CO)n1ccc(=O)[nH]c1=O. The summed E-state index contributed by atoms with van der Waals surface area (Å²) in [5.74, 6) is -1.57. The van der Waals surface area contributed by atoms with Crippen LogP contribution < -0.4 is 27.0 Å². The summed E-state index contributed by atoms with van der Waals surface area (Å²) in [4.78, 5) is 61.4. The molecule has 4 unspecified atom stereocenters. The third-order valence-electron chi connectivity index (χ3n) is 5.19. The molecule has 2 rings (SSSR count). The predicted octanol–water partition coefficient (Wildman–Crippen LogP) is -0.821. The molecule has 18 heteroatoms. The van der Waals surface area contributed by atoms with Crippen LogP contribution in [0.15, 0.2) is 21.9 Å². The maximum Gasteiger partial charge on any atom is 0.330 e. The van der Waals surface area contributed by atoms with Gasteiger partial charge < -0.3 is 29.5 Å². The number of aliphatic hydroxyl groups is 2. The molecule has 3 amide bonds. The number of imide groups is 1. The van der Waals surface area contributed by atoms with Crippen molar-refractivity contribution in [1.29, 1.82) is 0 Å². The van der Waals surface area contributed by atoms with Gasteiger partial charge in [0.1, 0.15) is 30.5 Å². The highest BCUT2D eigenvalue weighted by Gasteiger charge is 2.37. The van der Waals surface area contributed by atoms with Crippen LogP contribution in [0.3, 0.4) is 0 Å². The molecule has 6 N–H and O–H groups in total. The smallest absolute Gasteiger partial charge is 0.330 e. The first-order valence-corrected chi connectivity index (χ1v) is 15.2. The number of hydrogen-bond acceptors (Lipinski definition) is 12. The van der Waals surface area contributed by atoms with Gasteiger partial charge in [-0.05, 0) is 27.2 Å². The number of ether oxygens (including phenoxy) is 2. The lowest BCUT2D eigenvalue weighted by Gasteiger charge is -2.30. The van der Waals surface area contributed by atoms with E-state index in [-0.39, 0.29) is 12.2 Å². The van der Waals surface area contributed by atoms with Crippen LogP contribution in [0.25, 0.3) is 0 Å². The monoisotopic (exact) mass is 595 g/mol. The molecule has 1 aromatic rings. The third-order valence-corrected chi connectivity index (χ3v) is 9.31. The van der Waals surface area contributed by atoms with E-state index in [0.717, 1.165) is 10.6 Å². The van der Waals surface area contributed by atoms with Crippen molar-refractivity contribution in [1.82, 2.24) is 25.3 Å². The number of nitrogens with one attached hydrogen (secondary N) is 4. The van der Waals surface area contributed by atoms with Crippen LogP contribution in [0.4, 0.5) is 4.79 Å². The third kappa shape index (κ3) is 9.86. The second-order valence-electron chi connectivity index (χ2n) is 8.75. The van der Waals surface area contributed by atoms with Gasteiger partial charge in [-0.15, -0.1) is 0 Å². The zero-order valence-corrected chi connectivity index (χ0v) is 23.5. The number of nitrogens with zero attached hydrogens (tertiary/aromatic N) is 1. The Kier molecular flexibility index (Phi) is 12.4. The van der Waals surface area contributed by atoms with Crippen molar-refractivity contribution in [3.05, 3.63) is 33.1 Å². The topological polar surface area (TPSA) is 227 Å². The summed E-state index contributed by atoms with van der Waals surface area (Å²) in [6, 6.07) is -1.76. The maximum atomic E-state index is 13.8. The molecule has 1 aliphatic rings. The van der Waals surface area contributed by atoms with E-state index >= 15 is 0 Å². The van der Waals surface area contributed by atoms with Crippen LogP contribution in [-0.2, 0) is 28.2 Å². The lowest BCUT2D eigenvalue weighted by Crippen LogP contribution is -2.41. The number of rotatable bonds is 16. The molecule has 220 valence electrons. The lowest BCUT2D eigenvalue weighted by atomic mass is 10.2. The number of hydrogen-bond donors (Lipinski definition) is 6. The van der Waals surface area contributed by atoms with Crippen molar-refractivity contribution in [2.24, 2.45) is 0 Å². The molecule has 0 radical (unpaired) electrons. The molecule has 1 saturated heterocycles. The number of aliphatic hydroxyl groups excluding tert-OH is 2. The Hall–Kier alpha value is -2.53. The zero-order valence-electron chi connectivity index (χ0n) is 21.8. The average Bonchev–Trinajstić information content (AvgIpc) is 3.19. The van der Waals surface area contributed by atoms with E-state index in [1.165, 1.54) is 13.1 Å². The van der Waals surface area contributed by atoms with Gasteiger partial charge in [-0.3, -0.25) is 33.8 Å². The van der Waals surface area contributed by atoms with Gasteiger partial charge in [0.15, 0.2) is 0 Å². The number of aromatic nitrogens is 2.